The van der Waals surface area contributed by atoms with Gasteiger partial charge in [0.2, 0.25) is 10.0 Å². The minimum Gasteiger partial charge on any atom is -0.393 e. The van der Waals surface area contributed by atoms with Crippen molar-refractivity contribution in [1.82, 2.24) is 4.72 Å². The first kappa shape index (κ1) is 16.5. The third kappa shape index (κ3) is 4.22. The molecule has 1 atom stereocenters. The fourth-order valence-electron chi connectivity index (χ4n) is 1.45. The number of aliphatic hydroxyl groups is 1. The van der Waals surface area contributed by atoms with Crippen LogP contribution in [0, 0.1) is 15.9 Å². The van der Waals surface area contributed by atoms with Gasteiger partial charge in [0.1, 0.15) is 10.7 Å². The lowest BCUT2D eigenvalue weighted by atomic mass is 10.2. The maximum absolute atomic E-state index is 13.5. The number of non-ortho nitro benzene ring substituents is 1. The maximum atomic E-state index is 13.5. The fraction of sp³-hybridized carbons (Fsp3) is 0.455. The number of rotatable bonds is 7. The van der Waals surface area contributed by atoms with Crippen molar-refractivity contribution in [2.45, 2.75) is 30.8 Å². The molecule has 0 aromatic heterocycles. The zero-order valence-corrected chi connectivity index (χ0v) is 11.6. The number of nitro groups is 1. The molecule has 0 fully saturated rings. The highest BCUT2D eigenvalue weighted by Gasteiger charge is 2.22. The summed E-state index contributed by atoms with van der Waals surface area (Å²) in [5.41, 5.74) is -0.514. The van der Waals surface area contributed by atoms with Crippen LogP contribution >= 0.6 is 0 Å². The van der Waals surface area contributed by atoms with E-state index in [1.807, 2.05) is 0 Å². The topological polar surface area (TPSA) is 110 Å². The number of hydrogen-bond acceptors (Lipinski definition) is 5. The second-order valence-electron chi connectivity index (χ2n) is 4.12. The highest BCUT2D eigenvalue weighted by atomic mass is 32.2. The van der Waals surface area contributed by atoms with Gasteiger partial charge >= 0.3 is 0 Å². The summed E-state index contributed by atoms with van der Waals surface area (Å²) in [6.07, 6.45) is -0.0215. The summed E-state index contributed by atoms with van der Waals surface area (Å²) in [7, 11) is -4.19. The number of benzene rings is 1. The summed E-state index contributed by atoms with van der Waals surface area (Å²) < 4.78 is 39.3. The first-order valence-electron chi connectivity index (χ1n) is 5.89. The lowest BCUT2D eigenvalue weighted by molar-refractivity contribution is -0.385. The van der Waals surface area contributed by atoms with Crippen molar-refractivity contribution in [3.8, 4) is 0 Å². The number of aliphatic hydroxyl groups excluding tert-OH is 1. The highest BCUT2D eigenvalue weighted by Crippen LogP contribution is 2.20. The van der Waals surface area contributed by atoms with E-state index >= 15 is 0 Å². The zero-order chi connectivity index (χ0) is 15.3. The number of hydrogen-bond donors (Lipinski definition) is 2. The van der Waals surface area contributed by atoms with Gasteiger partial charge in [0.15, 0.2) is 0 Å². The van der Waals surface area contributed by atoms with Crippen molar-refractivity contribution in [2.24, 2.45) is 0 Å². The van der Waals surface area contributed by atoms with Crippen molar-refractivity contribution in [2.75, 3.05) is 6.54 Å². The van der Waals surface area contributed by atoms with E-state index in [1.165, 1.54) is 0 Å². The highest BCUT2D eigenvalue weighted by molar-refractivity contribution is 7.89. The Balaban J connectivity index is 2.92. The van der Waals surface area contributed by atoms with E-state index in [9.17, 15) is 28.0 Å². The normalized spacial score (nSPS) is 13.2. The van der Waals surface area contributed by atoms with Crippen LogP contribution in [0.3, 0.4) is 0 Å². The van der Waals surface area contributed by atoms with Crippen LogP contribution < -0.4 is 4.72 Å². The van der Waals surface area contributed by atoms with Crippen LogP contribution in [0.15, 0.2) is 23.1 Å². The Morgan fingerprint density at radius 3 is 2.70 bits per heavy atom. The van der Waals surface area contributed by atoms with Crippen LogP contribution in [-0.2, 0) is 10.0 Å². The standard InChI is InChI=1S/C11H15FN2O5S/c1-2-9(15)5-6-13-20(18,19)11-7-8(14(16)17)3-4-10(11)12/h3-4,7,9,13,15H,2,5-6H2,1H3. The zero-order valence-electron chi connectivity index (χ0n) is 10.7. The molecule has 2 N–H and O–H groups in total. The van der Waals surface area contributed by atoms with Gasteiger partial charge in [-0.15, -0.1) is 0 Å². The molecule has 0 bridgehead atoms. The van der Waals surface area contributed by atoms with E-state index in [-0.39, 0.29) is 13.0 Å². The molecule has 0 aliphatic rings. The largest absolute Gasteiger partial charge is 0.393 e. The molecule has 0 saturated carbocycles. The van der Waals surface area contributed by atoms with E-state index in [4.69, 9.17) is 0 Å². The third-order valence-electron chi connectivity index (χ3n) is 2.66. The average molecular weight is 306 g/mol. The van der Waals surface area contributed by atoms with Gasteiger partial charge in [-0.25, -0.2) is 17.5 Å². The minimum absolute atomic E-state index is 0.0839. The van der Waals surface area contributed by atoms with Crippen molar-refractivity contribution < 1.29 is 22.8 Å². The summed E-state index contributed by atoms with van der Waals surface area (Å²) in [6.45, 7) is 1.65. The molecule has 0 amide bonds. The predicted octanol–water partition coefficient (Wildman–Crippen LogP) is 1.17. The lowest BCUT2D eigenvalue weighted by Gasteiger charge is -2.10. The van der Waals surface area contributed by atoms with Crippen molar-refractivity contribution in [3.05, 3.63) is 34.1 Å². The second kappa shape index (κ2) is 6.73. The van der Waals surface area contributed by atoms with Gasteiger partial charge < -0.3 is 5.11 Å². The number of nitrogens with zero attached hydrogens (tertiary/aromatic N) is 1. The molecule has 112 valence electrons. The Morgan fingerprint density at radius 1 is 1.50 bits per heavy atom. The van der Waals surface area contributed by atoms with Crippen molar-refractivity contribution in [1.29, 1.82) is 0 Å². The molecule has 0 spiro atoms. The number of sulfonamides is 1. The summed E-state index contributed by atoms with van der Waals surface area (Å²) in [5, 5.41) is 19.9. The fourth-order valence-corrected chi connectivity index (χ4v) is 2.60. The number of nitro benzene ring substituents is 1. The molecule has 0 saturated heterocycles. The summed E-state index contributed by atoms with van der Waals surface area (Å²) in [5.74, 6) is -1.07. The van der Waals surface area contributed by atoms with Gasteiger partial charge in [-0.3, -0.25) is 10.1 Å². The monoisotopic (exact) mass is 306 g/mol. The van der Waals surface area contributed by atoms with Gasteiger partial charge in [0.05, 0.1) is 11.0 Å². The first-order valence-corrected chi connectivity index (χ1v) is 7.38. The lowest BCUT2D eigenvalue weighted by Crippen LogP contribution is -2.28. The summed E-state index contributed by atoms with van der Waals surface area (Å²) in [6, 6.07) is 2.27. The molecular formula is C11H15FN2O5S. The second-order valence-corrected chi connectivity index (χ2v) is 5.86. The maximum Gasteiger partial charge on any atom is 0.270 e. The van der Waals surface area contributed by atoms with E-state index < -0.39 is 37.5 Å². The Labute approximate surface area is 115 Å². The molecule has 1 aromatic carbocycles. The Morgan fingerprint density at radius 2 is 2.15 bits per heavy atom. The molecule has 9 heteroatoms. The quantitative estimate of drug-likeness (QED) is 0.580. The van der Waals surface area contributed by atoms with Gasteiger partial charge in [-0.2, -0.15) is 0 Å². The van der Waals surface area contributed by atoms with E-state index in [0.717, 1.165) is 12.1 Å². The van der Waals surface area contributed by atoms with Crippen molar-refractivity contribution >= 4 is 15.7 Å². The molecule has 1 unspecified atom stereocenters. The van der Waals surface area contributed by atoms with Crippen molar-refractivity contribution in [3.63, 3.8) is 0 Å². The third-order valence-corrected chi connectivity index (χ3v) is 4.13. The molecule has 7 nitrogen and oxygen atoms in total. The summed E-state index contributed by atoms with van der Waals surface area (Å²) in [4.78, 5) is 8.98. The molecule has 1 rings (SSSR count). The molecular weight excluding hydrogens is 291 g/mol. The van der Waals surface area contributed by atoms with Gasteiger partial charge in [0, 0.05) is 18.7 Å². The molecule has 0 aliphatic carbocycles. The summed E-state index contributed by atoms with van der Waals surface area (Å²) >= 11 is 0. The van der Waals surface area contributed by atoms with Crippen LogP contribution in [-0.4, -0.2) is 31.1 Å². The first-order chi connectivity index (χ1) is 9.27. The van der Waals surface area contributed by atoms with Crippen LogP contribution in [0.2, 0.25) is 0 Å². The number of halogens is 1. The Kier molecular flexibility index (Phi) is 5.54. The average Bonchev–Trinajstić information content (AvgIpc) is 2.38. The van der Waals surface area contributed by atoms with Gasteiger partial charge in [0.25, 0.3) is 5.69 Å². The minimum atomic E-state index is -4.19. The predicted molar refractivity (Wildman–Crippen MR) is 69.2 cm³/mol. The van der Waals surface area contributed by atoms with E-state index in [0.29, 0.717) is 12.5 Å². The van der Waals surface area contributed by atoms with Crippen LogP contribution in [0.5, 0.6) is 0 Å². The van der Waals surface area contributed by atoms with Gasteiger partial charge in [-0.05, 0) is 18.9 Å². The Hall–Kier alpha value is -1.58. The SMILES string of the molecule is CCC(O)CCNS(=O)(=O)c1cc([N+](=O)[O-])ccc1F. The van der Waals surface area contributed by atoms with Gasteiger partial charge in [-0.1, -0.05) is 6.92 Å². The van der Waals surface area contributed by atoms with Crippen LogP contribution in [0.4, 0.5) is 10.1 Å². The molecule has 0 radical (unpaired) electrons. The van der Waals surface area contributed by atoms with E-state index in [1.54, 1.807) is 6.92 Å². The smallest absolute Gasteiger partial charge is 0.270 e. The van der Waals surface area contributed by atoms with Crippen LogP contribution in [0.1, 0.15) is 19.8 Å². The molecule has 20 heavy (non-hydrogen) atoms. The van der Waals surface area contributed by atoms with E-state index in [2.05, 4.69) is 4.72 Å². The Bertz CT molecular complexity index is 590. The van der Waals surface area contributed by atoms with Crippen LogP contribution in [0.25, 0.3) is 0 Å². The molecule has 1 aromatic rings. The molecule has 0 heterocycles. The number of nitrogens with one attached hydrogen (secondary N) is 1. The molecule has 0 aliphatic heterocycles.